The number of benzene rings is 1. The number of hydrogen-bond donors (Lipinski definition) is 2. The Balaban J connectivity index is 1.94. The van der Waals surface area contributed by atoms with Gasteiger partial charge in [-0.25, -0.2) is 0 Å². The molecule has 1 aliphatic rings. The molecule has 0 atom stereocenters. The molecule has 1 aromatic rings. The van der Waals surface area contributed by atoms with E-state index in [0.29, 0.717) is 13.1 Å². The summed E-state index contributed by atoms with van der Waals surface area (Å²) in [6.07, 6.45) is 1.83. The van der Waals surface area contributed by atoms with Gasteiger partial charge in [-0.05, 0) is 37.0 Å². The van der Waals surface area contributed by atoms with Crippen LogP contribution in [0.5, 0.6) is 5.75 Å². The molecule has 1 saturated carbocycles. The van der Waals surface area contributed by atoms with E-state index < -0.39 is 0 Å². The van der Waals surface area contributed by atoms with E-state index in [-0.39, 0.29) is 11.3 Å². The lowest BCUT2D eigenvalue weighted by Gasteiger charge is -2.13. The van der Waals surface area contributed by atoms with E-state index in [1.807, 2.05) is 25.1 Å². The smallest absolute Gasteiger partial charge is 0.227 e. The molecule has 98 valence electrons. The Labute approximate surface area is 108 Å². The molecule has 0 heterocycles. The normalized spacial score (nSPS) is 16.2. The molecule has 0 radical (unpaired) electrons. The number of methoxy groups -OCH3 is 1. The summed E-state index contributed by atoms with van der Waals surface area (Å²) in [6.45, 7) is 2.98. The van der Waals surface area contributed by atoms with E-state index in [1.165, 1.54) is 0 Å². The summed E-state index contributed by atoms with van der Waals surface area (Å²) >= 11 is 0. The quantitative estimate of drug-likeness (QED) is 0.827. The van der Waals surface area contributed by atoms with Crippen LogP contribution in [0.2, 0.25) is 0 Å². The predicted octanol–water partition coefficient (Wildman–Crippen LogP) is 1.36. The van der Waals surface area contributed by atoms with Gasteiger partial charge in [0.1, 0.15) is 5.75 Å². The average molecular weight is 248 g/mol. The largest absolute Gasteiger partial charge is 0.496 e. The number of aryl methyl sites for hydroxylation is 1. The molecule has 4 nitrogen and oxygen atoms in total. The van der Waals surface area contributed by atoms with Crippen LogP contribution in [-0.2, 0) is 11.3 Å². The number of amides is 1. The molecule has 0 spiro atoms. The minimum absolute atomic E-state index is 0.0819. The monoisotopic (exact) mass is 248 g/mol. The van der Waals surface area contributed by atoms with E-state index in [9.17, 15) is 4.79 Å². The second-order valence-corrected chi connectivity index (χ2v) is 4.97. The maximum atomic E-state index is 11.9. The zero-order valence-electron chi connectivity index (χ0n) is 11.0. The number of carbonyl (C=O) groups excluding carboxylic acids is 1. The number of nitrogens with two attached hydrogens (primary N) is 1. The van der Waals surface area contributed by atoms with Gasteiger partial charge in [-0.2, -0.15) is 0 Å². The molecule has 0 aromatic heterocycles. The van der Waals surface area contributed by atoms with Gasteiger partial charge in [-0.3, -0.25) is 4.79 Å². The number of ether oxygens (including phenoxy) is 1. The molecule has 1 aromatic carbocycles. The molecule has 1 fully saturated rings. The first-order valence-corrected chi connectivity index (χ1v) is 6.23. The first-order chi connectivity index (χ1) is 8.61. The molecule has 18 heavy (non-hydrogen) atoms. The Morgan fingerprint density at radius 1 is 1.50 bits per heavy atom. The molecule has 1 amide bonds. The van der Waals surface area contributed by atoms with E-state index >= 15 is 0 Å². The van der Waals surface area contributed by atoms with E-state index in [4.69, 9.17) is 10.5 Å². The van der Waals surface area contributed by atoms with Gasteiger partial charge in [0.15, 0.2) is 0 Å². The van der Waals surface area contributed by atoms with Gasteiger partial charge in [-0.1, -0.05) is 12.1 Å². The Bertz CT molecular complexity index is 453. The average Bonchev–Trinajstić information content (AvgIpc) is 3.17. The van der Waals surface area contributed by atoms with Crippen LogP contribution in [0.3, 0.4) is 0 Å². The highest BCUT2D eigenvalue weighted by atomic mass is 16.5. The minimum atomic E-state index is -0.276. The first-order valence-electron chi connectivity index (χ1n) is 6.23. The molecular formula is C14H20N2O2. The SMILES string of the molecule is COc1ccc(CNC(=O)C2(CN)CC2)cc1C. The van der Waals surface area contributed by atoms with Gasteiger partial charge in [-0.15, -0.1) is 0 Å². The number of rotatable bonds is 5. The van der Waals surface area contributed by atoms with Crippen molar-refractivity contribution < 1.29 is 9.53 Å². The van der Waals surface area contributed by atoms with Crippen LogP contribution in [0.1, 0.15) is 24.0 Å². The molecule has 0 saturated heterocycles. The van der Waals surface area contributed by atoms with Gasteiger partial charge < -0.3 is 15.8 Å². The van der Waals surface area contributed by atoms with Crippen molar-refractivity contribution in [3.8, 4) is 5.75 Å². The second kappa shape index (κ2) is 4.98. The summed E-state index contributed by atoms with van der Waals surface area (Å²) in [7, 11) is 1.65. The van der Waals surface area contributed by atoms with Crippen molar-refractivity contribution in [2.45, 2.75) is 26.3 Å². The Kier molecular flexibility index (Phi) is 3.57. The van der Waals surface area contributed by atoms with Gasteiger partial charge in [0.05, 0.1) is 12.5 Å². The summed E-state index contributed by atoms with van der Waals surface area (Å²) in [5, 5.41) is 2.96. The van der Waals surface area contributed by atoms with Crippen LogP contribution in [-0.4, -0.2) is 19.6 Å². The van der Waals surface area contributed by atoms with Gasteiger partial charge in [0.2, 0.25) is 5.91 Å². The predicted molar refractivity (Wildman–Crippen MR) is 70.3 cm³/mol. The highest BCUT2D eigenvalue weighted by Gasteiger charge is 2.48. The third kappa shape index (κ3) is 2.48. The first kappa shape index (κ1) is 12.9. The highest BCUT2D eigenvalue weighted by molar-refractivity contribution is 5.85. The van der Waals surface area contributed by atoms with E-state index in [1.54, 1.807) is 7.11 Å². The molecule has 0 aliphatic heterocycles. The minimum Gasteiger partial charge on any atom is -0.496 e. The number of carbonyl (C=O) groups is 1. The summed E-state index contributed by atoms with van der Waals surface area (Å²) in [4.78, 5) is 11.9. The van der Waals surface area contributed by atoms with Crippen molar-refractivity contribution >= 4 is 5.91 Å². The Hall–Kier alpha value is -1.55. The summed E-state index contributed by atoms with van der Waals surface area (Å²) in [6, 6.07) is 5.92. The maximum Gasteiger partial charge on any atom is 0.227 e. The molecular weight excluding hydrogens is 228 g/mol. The molecule has 4 heteroatoms. The van der Waals surface area contributed by atoms with Gasteiger partial charge in [0, 0.05) is 13.1 Å². The van der Waals surface area contributed by atoms with Crippen LogP contribution < -0.4 is 15.8 Å². The topological polar surface area (TPSA) is 64.3 Å². The van der Waals surface area contributed by atoms with Crippen LogP contribution in [0, 0.1) is 12.3 Å². The lowest BCUT2D eigenvalue weighted by Crippen LogP contribution is -2.36. The highest BCUT2D eigenvalue weighted by Crippen LogP contribution is 2.44. The molecule has 3 N–H and O–H groups in total. The lowest BCUT2D eigenvalue weighted by atomic mass is 10.1. The molecule has 0 bridgehead atoms. The third-order valence-corrected chi connectivity index (χ3v) is 3.64. The number of hydrogen-bond acceptors (Lipinski definition) is 3. The van der Waals surface area contributed by atoms with Crippen molar-refractivity contribution in [3.63, 3.8) is 0 Å². The number of nitrogens with one attached hydrogen (secondary N) is 1. The molecule has 0 unspecified atom stereocenters. The molecule has 1 aliphatic carbocycles. The van der Waals surface area contributed by atoms with Crippen molar-refractivity contribution in [2.24, 2.45) is 11.1 Å². The van der Waals surface area contributed by atoms with Crippen LogP contribution in [0.4, 0.5) is 0 Å². The fraction of sp³-hybridized carbons (Fsp3) is 0.500. The Morgan fingerprint density at radius 3 is 2.72 bits per heavy atom. The standard InChI is InChI=1S/C14H20N2O2/c1-10-7-11(3-4-12(10)18-2)8-16-13(17)14(9-15)5-6-14/h3-4,7H,5-6,8-9,15H2,1-2H3,(H,16,17). The zero-order chi connectivity index (χ0) is 13.2. The maximum absolute atomic E-state index is 11.9. The van der Waals surface area contributed by atoms with Crippen LogP contribution in [0.25, 0.3) is 0 Å². The molecule has 2 rings (SSSR count). The third-order valence-electron chi connectivity index (χ3n) is 3.64. The van der Waals surface area contributed by atoms with E-state index in [0.717, 1.165) is 29.7 Å². The fourth-order valence-electron chi connectivity index (χ4n) is 2.10. The van der Waals surface area contributed by atoms with Crippen molar-refractivity contribution in [3.05, 3.63) is 29.3 Å². The van der Waals surface area contributed by atoms with E-state index in [2.05, 4.69) is 5.32 Å². The van der Waals surface area contributed by atoms with Crippen LogP contribution in [0.15, 0.2) is 18.2 Å². The summed E-state index contributed by atoms with van der Waals surface area (Å²) in [5.74, 6) is 0.948. The van der Waals surface area contributed by atoms with Crippen molar-refractivity contribution in [2.75, 3.05) is 13.7 Å². The van der Waals surface area contributed by atoms with Crippen LogP contribution >= 0.6 is 0 Å². The lowest BCUT2D eigenvalue weighted by molar-refractivity contribution is -0.126. The summed E-state index contributed by atoms with van der Waals surface area (Å²) < 4.78 is 5.20. The summed E-state index contributed by atoms with van der Waals surface area (Å²) in [5.41, 5.74) is 7.50. The van der Waals surface area contributed by atoms with Crippen molar-refractivity contribution in [1.82, 2.24) is 5.32 Å². The van der Waals surface area contributed by atoms with Gasteiger partial charge >= 0.3 is 0 Å². The van der Waals surface area contributed by atoms with Gasteiger partial charge in [0.25, 0.3) is 0 Å². The zero-order valence-corrected chi connectivity index (χ0v) is 11.0. The Morgan fingerprint density at radius 2 is 2.22 bits per heavy atom. The van der Waals surface area contributed by atoms with Crippen molar-refractivity contribution in [1.29, 1.82) is 0 Å². The second-order valence-electron chi connectivity index (χ2n) is 4.97. The fourth-order valence-corrected chi connectivity index (χ4v) is 2.10.